The summed E-state index contributed by atoms with van der Waals surface area (Å²) < 4.78 is 26.7. The molecule has 0 unspecified atom stereocenters. The van der Waals surface area contributed by atoms with Gasteiger partial charge in [-0.15, -0.1) is 0 Å². The molecule has 6 heteroatoms. The average molecular weight is 270 g/mol. The van der Waals surface area contributed by atoms with Gasteiger partial charge in [0.1, 0.15) is 0 Å². The molecule has 0 saturated carbocycles. The lowest BCUT2D eigenvalue weighted by Gasteiger charge is -2.07. The fourth-order valence-corrected chi connectivity index (χ4v) is 1.66. The van der Waals surface area contributed by atoms with Crippen molar-refractivity contribution in [1.29, 1.82) is 0 Å². The predicted octanol–water partition coefficient (Wildman–Crippen LogP) is 3.38. The lowest BCUT2D eigenvalue weighted by molar-refractivity contribution is 0.0697. The van der Waals surface area contributed by atoms with Crippen LogP contribution in [0.1, 0.15) is 10.4 Å². The molecule has 1 N–H and O–H groups in total. The van der Waals surface area contributed by atoms with Gasteiger partial charge in [-0.3, -0.25) is 4.98 Å². The number of halogens is 3. The van der Waals surface area contributed by atoms with Crippen LogP contribution in [0.2, 0.25) is 5.02 Å². The van der Waals surface area contributed by atoms with E-state index in [1.54, 1.807) is 0 Å². The topological polar surface area (TPSA) is 50.2 Å². The molecular formula is C12H6ClF2NO2. The van der Waals surface area contributed by atoms with Crippen molar-refractivity contribution < 1.29 is 18.7 Å². The van der Waals surface area contributed by atoms with Crippen LogP contribution in [-0.4, -0.2) is 16.1 Å². The Morgan fingerprint density at radius 3 is 2.72 bits per heavy atom. The maximum Gasteiger partial charge on any atom is 0.337 e. The van der Waals surface area contributed by atoms with E-state index in [0.717, 1.165) is 12.1 Å². The van der Waals surface area contributed by atoms with Crippen molar-refractivity contribution in [2.45, 2.75) is 0 Å². The van der Waals surface area contributed by atoms with Crippen LogP contribution in [0.5, 0.6) is 0 Å². The van der Waals surface area contributed by atoms with E-state index >= 15 is 0 Å². The standard InChI is InChI=1S/C12H6ClF2NO2/c13-6-4-8(12(17)18)11(16-5-6)7-2-1-3-9(14)10(7)15/h1-5H,(H,17,18). The molecule has 1 aromatic heterocycles. The van der Waals surface area contributed by atoms with Gasteiger partial charge >= 0.3 is 5.97 Å². The molecule has 0 aliphatic rings. The highest BCUT2D eigenvalue weighted by atomic mass is 35.5. The van der Waals surface area contributed by atoms with Gasteiger partial charge in [0.2, 0.25) is 0 Å². The van der Waals surface area contributed by atoms with E-state index in [0.29, 0.717) is 0 Å². The summed E-state index contributed by atoms with van der Waals surface area (Å²) in [5.41, 5.74) is -0.667. The van der Waals surface area contributed by atoms with Crippen LogP contribution >= 0.6 is 11.6 Å². The lowest BCUT2D eigenvalue weighted by Crippen LogP contribution is -2.03. The molecule has 2 aromatic rings. The van der Waals surface area contributed by atoms with Gasteiger partial charge in [0.15, 0.2) is 11.6 Å². The van der Waals surface area contributed by atoms with Crippen molar-refractivity contribution in [3.63, 3.8) is 0 Å². The Hall–Kier alpha value is -2.01. The van der Waals surface area contributed by atoms with Crippen LogP contribution < -0.4 is 0 Å². The zero-order valence-electron chi connectivity index (χ0n) is 8.82. The molecule has 0 spiro atoms. The number of hydrogen-bond donors (Lipinski definition) is 1. The Labute approximate surface area is 106 Å². The fourth-order valence-electron chi connectivity index (χ4n) is 1.50. The first-order valence-corrected chi connectivity index (χ1v) is 5.21. The van der Waals surface area contributed by atoms with Gasteiger partial charge in [-0.05, 0) is 18.2 Å². The quantitative estimate of drug-likeness (QED) is 0.909. The monoisotopic (exact) mass is 269 g/mol. The zero-order valence-corrected chi connectivity index (χ0v) is 9.58. The number of carboxylic acids is 1. The molecule has 0 aliphatic carbocycles. The number of rotatable bonds is 2. The Morgan fingerprint density at radius 2 is 2.06 bits per heavy atom. The molecule has 2 rings (SSSR count). The Morgan fingerprint density at radius 1 is 1.33 bits per heavy atom. The molecule has 0 bridgehead atoms. The van der Waals surface area contributed by atoms with E-state index in [2.05, 4.69) is 4.98 Å². The first kappa shape index (κ1) is 12.4. The van der Waals surface area contributed by atoms with Crippen LogP contribution in [0.4, 0.5) is 8.78 Å². The molecule has 0 atom stereocenters. The minimum absolute atomic E-state index is 0.105. The Bertz CT molecular complexity index is 631. The van der Waals surface area contributed by atoms with E-state index in [9.17, 15) is 13.6 Å². The van der Waals surface area contributed by atoms with Gasteiger partial charge in [0.25, 0.3) is 0 Å². The molecule has 92 valence electrons. The highest BCUT2D eigenvalue weighted by Gasteiger charge is 2.18. The van der Waals surface area contributed by atoms with Crippen molar-refractivity contribution in [2.24, 2.45) is 0 Å². The molecule has 0 aliphatic heterocycles. The minimum atomic E-state index is -1.32. The van der Waals surface area contributed by atoms with Crippen LogP contribution in [-0.2, 0) is 0 Å². The van der Waals surface area contributed by atoms with E-state index < -0.39 is 17.6 Å². The first-order chi connectivity index (χ1) is 8.50. The van der Waals surface area contributed by atoms with Gasteiger partial charge in [-0.1, -0.05) is 17.7 Å². The number of carbonyl (C=O) groups is 1. The van der Waals surface area contributed by atoms with E-state index in [4.69, 9.17) is 16.7 Å². The summed E-state index contributed by atoms with van der Waals surface area (Å²) in [4.78, 5) is 14.8. The number of hydrogen-bond acceptors (Lipinski definition) is 2. The molecule has 18 heavy (non-hydrogen) atoms. The maximum atomic E-state index is 13.6. The summed E-state index contributed by atoms with van der Waals surface area (Å²) in [6.45, 7) is 0. The zero-order chi connectivity index (χ0) is 13.3. The van der Waals surface area contributed by atoms with Crippen LogP contribution in [0, 0.1) is 11.6 Å². The van der Waals surface area contributed by atoms with Crippen molar-refractivity contribution in [3.8, 4) is 11.3 Å². The number of carboxylic acid groups (broad SMARTS) is 1. The summed E-state index contributed by atoms with van der Waals surface area (Å²) >= 11 is 5.63. The third-order valence-corrected chi connectivity index (χ3v) is 2.50. The lowest BCUT2D eigenvalue weighted by atomic mass is 10.1. The Balaban J connectivity index is 2.71. The predicted molar refractivity (Wildman–Crippen MR) is 61.6 cm³/mol. The smallest absolute Gasteiger partial charge is 0.337 e. The summed E-state index contributed by atoms with van der Waals surface area (Å²) in [7, 11) is 0. The fraction of sp³-hybridized carbons (Fsp3) is 0. The number of nitrogens with zero attached hydrogens (tertiary/aromatic N) is 1. The molecule has 0 saturated heterocycles. The minimum Gasteiger partial charge on any atom is -0.478 e. The number of benzene rings is 1. The largest absolute Gasteiger partial charge is 0.478 e. The van der Waals surface area contributed by atoms with E-state index in [1.807, 2.05) is 0 Å². The summed E-state index contributed by atoms with van der Waals surface area (Å²) in [6.07, 6.45) is 1.17. The molecule has 0 fully saturated rings. The molecule has 1 aromatic carbocycles. The van der Waals surface area contributed by atoms with Gasteiger partial charge in [-0.25, -0.2) is 13.6 Å². The third-order valence-electron chi connectivity index (χ3n) is 2.29. The summed E-state index contributed by atoms with van der Waals surface area (Å²) in [6, 6.07) is 4.60. The number of aromatic nitrogens is 1. The Kier molecular flexibility index (Phi) is 3.25. The summed E-state index contributed by atoms with van der Waals surface area (Å²) in [5, 5.41) is 9.10. The van der Waals surface area contributed by atoms with E-state index in [1.165, 1.54) is 18.3 Å². The van der Waals surface area contributed by atoms with Gasteiger partial charge in [0.05, 0.1) is 16.3 Å². The highest BCUT2D eigenvalue weighted by Crippen LogP contribution is 2.27. The molecular weight excluding hydrogens is 264 g/mol. The molecule has 3 nitrogen and oxygen atoms in total. The second kappa shape index (κ2) is 4.70. The van der Waals surface area contributed by atoms with Crippen molar-refractivity contribution >= 4 is 17.6 Å². The highest BCUT2D eigenvalue weighted by molar-refractivity contribution is 6.30. The van der Waals surface area contributed by atoms with Crippen LogP contribution in [0.25, 0.3) is 11.3 Å². The SMILES string of the molecule is O=C(O)c1cc(Cl)cnc1-c1cccc(F)c1F. The normalized spacial score (nSPS) is 10.4. The van der Waals surface area contributed by atoms with Crippen molar-refractivity contribution in [2.75, 3.05) is 0 Å². The van der Waals surface area contributed by atoms with Gasteiger partial charge in [0, 0.05) is 11.8 Å². The summed E-state index contributed by atoms with van der Waals surface area (Å²) in [5.74, 6) is -3.53. The number of aromatic carboxylic acids is 1. The maximum absolute atomic E-state index is 13.6. The van der Waals surface area contributed by atoms with Gasteiger partial charge in [-0.2, -0.15) is 0 Å². The first-order valence-electron chi connectivity index (χ1n) is 4.84. The molecule has 0 radical (unpaired) electrons. The van der Waals surface area contributed by atoms with E-state index in [-0.39, 0.29) is 21.8 Å². The second-order valence-corrected chi connectivity index (χ2v) is 3.89. The van der Waals surface area contributed by atoms with Crippen LogP contribution in [0.15, 0.2) is 30.5 Å². The molecule has 0 amide bonds. The number of pyridine rings is 1. The molecule has 1 heterocycles. The van der Waals surface area contributed by atoms with Crippen LogP contribution in [0.3, 0.4) is 0 Å². The van der Waals surface area contributed by atoms with Crippen molar-refractivity contribution in [1.82, 2.24) is 4.98 Å². The second-order valence-electron chi connectivity index (χ2n) is 3.46. The average Bonchev–Trinajstić information content (AvgIpc) is 2.33. The van der Waals surface area contributed by atoms with Crippen molar-refractivity contribution in [3.05, 3.63) is 52.7 Å². The van der Waals surface area contributed by atoms with Gasteiger partial charge < -0.3 is 5.11 Å². The third kappa shape index (κ3) is 2.17.